The SMILES string of the molecule is CNc1ncnc(NCCCCC(F)(F)F)c1C(C)C. The Labute approximate surface area is 117 Å². The van der Waals surface area contributed by atoms with Crippen LogP contribution in [0.15, 0.2) is 6.33 Å². The fraction of sp³-hybridized carbons (Fsp3) is 0.692. The molecule has 0 amide bonds. The van der Waals surface area contributed by atoms with Crippen molar-refractivity contribution in [1.82, 2.24) is 9.97 Å². The zero-order valence-corrected chi connectivity index (χ0v) is 12.0. The number of unbranched alkanes of at least 4 members (excludes halogenated alkanes) is 1. The highest BCUT2D eigenvalue weighted by atomic mass is 19.4. The van der Waals surface area contributed by atoms with Gasteiger partial charge in [-0.3, -0.25) is 0 Å². The van der Waals surface area contributed by atoms with Crippen molar-refractivity contribution < 1.29 is 13.2 Å². The Morgan fingerprint density at radius 1 is 1.15 bits per heavy atom. The van der Waals surface area contributed by atoms with Gasteiger partial charge in [0.15, 0.2) is 0 Å². The molecule has 2 N–H and O–H groups in total. The van der Waals surface area contributed by atoms with E-state index in [1.165, 1.54) is 6.33 Å². The smallest absolute Gasteiger partial charge is 0.373 e. The zero-order chi connectivity index (χ0) is 15.2. The van der Waals surface area contributed by atoms with Gasteiger partial charge in [0.2, 0.25) is 0 Å². The van der Waals surface area contributed by atoms with Gasteiger partial charge in [0.25, 0.3) is 0 Å². The second-order valence-electron chi connectivity index (χ2n) is 4.89. The quantitative estimate of drug-likeness (QED) is 0.750. The predicted octanol–water partition coefficient (Wildman–Crippen LogP) is 3.79. The van der Waals surface area contributed by atoms with E-state index in [0.29, 0.717) is 18.8 Å². The number of hydrogen-bond donors (Lipinski definition) is 2. The molecule has 1 aromatic rings. The Morgan fingerprint density at radius 2 is 1.80 bits per heavy atom. The van der Waals surface area contributed by atoms with Crippen molar-refractivity contribution in [3.05, 3.63) is 11.9 Å². The van der Waals surface area contributed by atoms with E-state index in [9.17, 15) is 13.2 Å². The second kappa shape index (κ2) is 7.31. The Hall–Kier alpha value is -1.53. The van der Waals surface area contributed by atoms with Crippen LogP contribution in [0.4, 0.5) is 24.8 Å². The summed E-state index contributed by atoms with van der Waals surface area (Å²) in [6.07, 6.45) is -2.79. The molecule has 1 heterocycles. The maximum absolute atomic E-state index is 12.0. The van der Waals surface area contributed by atoms with Crippen molar-refractivity contribution in [1.29, 1.82) is 0 Å². The van der Waals surface area contributed by atoms with E-state index in [0.717, 1.165) is 11.4 Å². The summed E-state index contributed by atoms with van der Waals surface area (Å²) < 4.78 is 36.1. The predicted molar refractivity (Wildman–Crippen MR) is 74.1 cm³/mol. The molecule has 0 radical (unpaired) electrons. The molecule has 7 heteroatoms. The van der Waals surface area contributed by atoms with Crippen LogP contribution in [0.2, 0.25) is 0 Å². The molecule has 0 bridgehead atoms. The van der Waals surface area contributed by atoms with Gasteiger partial charge in [-0.1, -0.05) is 13.8 Å². The van der Waals surface area contributed by atoms with Crippen LogP contribution < -0.4 is 10.6 Å². The summed E-state index contributed by atoms with van der Waals surface area (Å²) in [5.41, 5.74) is 0.950. The van der Waals surface area contributed by atoms with E-state index in [1.807, 2.05) is 13.8 Å². The minimum atomic E-state index is -4.07. The lowest BCUT2D eigenvalue weighted by Crippen LogP contribution is -2.12. The van der Waals surface area contributed by atoms with E-state index in [2.05, 4.69) is 20.6 Å². The molecular weight excluding hydrogens is 269 g/mol. The minimum Gasteiger partial charge on any atom is -0.373 e. The van der Waals surface area contributed by atoms with Gasteiger partial charge >= 0.3 is 6.18 Å². The van der Waals surface area contributed by atoms with Gasteiger partial charge in [-0.15, -0.1) is 0 Å². The lowest BCUT2D eigenvalue weighted by atomic mass is 10.0. The van der Waals surface area contributed by atoms with Gasteiger partial charge in [-0.2, -0.15) is 13.2 Å². The summed E-state index contributed by atoms with van der Waals surface area (Å²) in [4.78, 5) is 8.32. The molecule has 0 fully saturated rings. The minimum absolute atomic E-state index is 0.123. The summed E-state index contributed by atoms with van der Waals surface area (Å²) in [6.45, 7) is 4.51. The van der Waals surface area contributed by atoms with Gasteiger partial charge in [-0.25, -0.2) is 9.97 Å². The molecule has 0 aliphatic rings. The molecule has 1 aromatic heterocycles. The average Bonchev–Trinajstić information content (AvgIpc) is 2.36. The van der Waals surface area contributed by atoms with E-state index in [4.69, 9.17) is 0 Å². The molecule has 0 spiro atoms. The molecular formula is C13H21F3N4. The molecule has 0 aliphatic heterocycles. The Kier molecular flexibility index (Phi) is 6.04. The van der Waals surface area contributed by atoms with Gasteiger partial charge in [0.1, 0.15) is 18.0 Å². The van der Waals surface area contributed by atoms with Gasteiger partial charge in [0, 0.05) is 25.6 Å². The first-order chi connectivity index (χ1) is 9.35. The highest BCUT2D eigenvalue weighted by Crippen LogP contribution is 2.28. The van der Waals surface area contributed by atoms with Crippen LogP contribution in [0, 0.1) is 0 Å². The summed E-state index contributed by atoms with van der Waals surface area (Å²) in [5, 5.41) is 6.10. The van der Waals surface area contributed by atoms with Crippen LogP contribution >= 0.6 is 0 Å². The molecule has 1 rings (SSSR count). The van der Waals surface area contributed by atoms with Crippen molar-refractivity contribution in [3.63, 3.8) is 0 Å². The Morgan fingerprint density at radius 3 is 2.35 bits per heavy atom. The van der Waals surface area contributed by atoms with Crippen LogP contribution in [0.3, 0.4) is 0 Å². The molecule has 20 heavy (non-hydrogen) atoms. The maximum Gasteiger partial charge on any atom is 0.389 e. The molecule has 0 saturated heterocycles. The highest BCUT2D eigenvalue weighted by Gasteiger charge is 2.25. The van der Waals surface area contributed by atoms with Crippen LogP contribution in [0.5, 0.6) is 0 Å². The first-order valence-electron chi connectivity index (χ1n) is 6.68. The first-order valence-corrected chi connectivity index (χ1v) is 6.68. The van der Waals surface area contributed by atoms with Crippen LogP contribution in [0.1, 0.15) is 44.6 Å². The van der Waals surface area contributed by atoms with Gasteiger partial charge < -0.3 is 10.6 Å². The average molecular weight is 290 g/mol. The number of rotatable bonds is 7. The Balaban J connectivity index is 2.56. The number of nitrogens with zero attached hydrogens (tertiary/aromatic N) is 2. The molecule has 0 saturated carbocycles. The van der Waals surface area contributed by atoms with Gasteiger partial charge in [0.05, 0.1) is 0 Å². The summed E-state index contributed by atoms with van der Waals surface area (Å²) >= 11 is 0. The van der Waals surface area contributed by atoms with Crippen molar-refractivity contribution >= 4 is 11.6 Å². The fourth-order valence-corrected chi connectivity index (χ4v) is 1.94. The van der Waals surface area contributed by atoms with Crippen LogP contribution in [-0.2, 0) is 0 Å². The molecule has 0 unspecified atom stereocenters. The van der Waals surface area contributed by atoms with Crippen LogP contribution in [-0.4, -0.2) is 29.7 Å². The third-order valence-electron chi connectivity index (χ3n) is 2.88. The number of aromatic nitrogens is 2. The highest BCUT2D eigenvalue weighted by molar-refractivity contribution is 5.58. The van der Waals surface area contributed by atoms with E-state index < -0.39 is 12.6 Å². The maximum atomic E-state index is 12.0. The first kappa shape index (κ1) is 16.5. The van der Waals surface area contributed by atoms with Crippen molar-refractivity contribution in [2.45, 2.75) is 45.2 Å². The number of nitrogens with one attached hydrogen (secondary N) is 2. The Bertz CT molecular complexity index is 419. The van der Waals surface area contributed by atoms with Gasteiger partial charge in [-0.05, 0) is 18.8 Å². The normalized spacial score (nSPS) is 11.8. The van der Waals surface area contributed by atoms with Crippen molar-refractivity contribution in [3.8, 4) is 0 Å². The third kappa shape index (κ3) is 5.22. The summed E-state index contributed by atoms with van der Waals surface area (Å²) in [7, 11) is 1.78. The van der Waals surface area contributed by atoms with E-state index in [-0.39, 0.29) is 12.3 Å². The second-order valence-corrected chi connectivity index (χ2v) is 4.89. The summed E-state index contributed by atoms with van der Waals surface area (Å²) in [5.74, 6) is 1.65. The molecule has 0 aliphatic carbocycles. The van der Waals surface area contributed by atoms with Crippen molar-refractivity contribution in [2.75, 3.05) is 24.2 Å². The molecule has 114 valence electrons. The molecule has 0 atom stereocenters. The third-order valence-corrected chi connectivity index (χ3v) is 2.88. The lowest BCUT2D eigenvalue weighted by Gasteiger charge is -2.16. The monoisotopic (exact) mass is 290 g/mol. The number of halogens is 3. The number of anilines is 2. The standard InChI is InChI=1S/C13H21F3N4/c1-9(2)10-11(17-3)19-8-20-12(10)18-7-5-4-6-13(14,15)16/h8-9H,4-7H2,1-3H3,(H2,17,18,19,20). The molecule has 0 aromatic carbocycles. The largest absolute Gasteiger partial charge is 0.389 e. The van der Waals surface area contributed by atoms with E-state index >= 15 is 0 Å². The zero-order valence-electron chi connectivity index (χ0n) is 12.0. The summed E-state index contributed by atoms with van der Waals surface area (Å²) in [6, 6.07) is 0. The van der Waals surface area contributed by atoms with E-state index in [1.54, 1.807) is 7.05 Å². The van der Waals surface area contributed by atoms with Crippen LogP contribution in [0.25, 0.3) is 0 Å². The number of hydrogen-bond acceptors (Lipinski definition) is 4. The molecule has 4 nitrogen and oxygen atoms in total. The van der Waals surface area contributed by atoms with Crippen molar-refractivity contribution in [2.24, 2.45) is 0 Å². The lowest BCUT2D eigenvalue weighted by molar-refractivity contribution is -0.135. The topological polar surface area (TPSA) is 49.8 Å². The fourth-order valence-electron chi connectivity index (χ4n) is 1.94. The number of alkyl halides is 3.